The van der Waals surface area contributed by atoms with Crippen molar-refractivity contribution in [1.29, 1.82) is 0 Å². The molecule has 0 unspecified atom stereocenters. The van der Waals surface area contributed by atoms with E-state index in [-0.39, 0.29) is 18.6 Å². The third-order valence-electron chi connectivity index (χ3n) is 5.44. The zero-order valence-corrected chi connectivity index (χ0v) is 16.2. The average molecular weight is 378 g/mol. The van der Waals surface area contributed by atoms with Gasteiger partial charge in [0.15, 0.2) is 6.61 Å². The number of furan rings is 1. The number of nitrogens with zero attached hydrogens (tertiary/aromatic N) is 2. The van der Waals surface area contributed by atoms with Crippen molar-refractivity contribution >= 4 is 16.7 Å². The van der Waals surface area contributed by atoms with E-state index >= 15 is 0 Å². The summed E-state index contributed by atoms with van der Waals surface area (Å²) in [7, 11) is 2.12. The predicted octanol–water partition coefficient (Wildman–Crippen LogP) is 3.93. The highest BCUT2D eigenvalue weighted by Gasteiger charge is 2.28. The van der Waals surface area contributed by atoms with Crippen LogP contribution < -0.4 is 4.74 Å². The highest BCUT2D eigenvalue weighted by atomic mass is 16.5. The van der Waals surface area contributed by atoms with Gasteiger partial charge < -0.3 is 19.0 Å². The van der Waals surface area contributed by atoms with E-state index in [1.54, 1.807) is 6.26 Å². The van der Waals surface area contributed by atoms with E-state index in [0.717, 1.165) is 42.5 Å². The molecule has 5 nitrogen and oxygen atoms in total. The summed E-state index contributed by atoms with van der Waals surface area (Å²) in [5.41, 5.74) is 0. The van der Waals surface area contributed by atoms with Crippen molar-refractivity contribution in [2.75, 3.05) is 26.7 Å². The third kappa shape index (κ3) is 4.37. The molecule has 0 aliphatic carbocycles. The Labute approximate surface area is 165 Å². The fourth-order valence-corrected chi connectivity index (χ4v) is 3.78. The molecule has 1 aliphatic rings. The van der Waals surface area contributed by atoms with E-state index < -0.39 is 0 Å². The summed E-state index contributed by atoms with van der Waals surface area (Å²) in [6, 6.07) is 18.0. The van der Waals surface area contributed by atoms with Crippen molar-refractivity contribution in [3.05, 3.63) is 66.6 Å². The molecule has 0 N–H and O–H groups in total. The van der Waals surface area contributed by atoms with E-state index in [4.69, 9.17) is 9.15 Å². The lowest BCUT2D eigenvalue weighted by molar-refractivity contribution is -0.137. The summed E-state index contributed by atoms with van der Waals surface area (Å²) < 4.78 is 11.3. The van der Waals surface area contributed by atoms with Gasteiger partial charge >= 0.3 is 0 Å². The van der Waals surface area contributed by atoms with Gasteiger partial charge in [0.1, 0.15) is 11.5 Å². The van der Waals surface area contributed by atoms with Crippen LogP contribution in [0.5, 0.6) is 5.75 Å². The van der Waals surface area contributed by atoms with Crippen molar-refractivity contribution in [1.82, 2.24) is 9.80 Å². The number of piperidine rings is 1. The molecule has 0 saturated carbocycles. The molecule has 28 heavy (non-hydrogen) atoms. The van der Waals surface area contributed by atoms with E-state index in [1.165, 1.54) is 0 Å². The molecular weight excluding hydrogens is 352 g/mol. The van der Waals surface area contributed by atoms with E-state index in [0.29, 0.717) is 12.3 Å². The number of ether oxygens (including phenoxy) is 1. The molecule has 0 atom stereocenters. The van der Waals surface area contributed by atoms with Crippen LogP contribution in [0.25, 0.3) is 10.8 Å². The monoisotopic (exact) mass is 378 g/mol. The van der Waals surface area contributed by atoms with Gasteiger partial charge in [-0.2, -0.15) is 0 Å². The molecule has 5 heteroatoms. The second-order valence-corrected chi connectivity index (χ2v) is 7.43. The number of carbonyl (C=O) groups excluding carboxylic acids is 1. The molecule has 2 aromatic carbocycles. The van der Waals surface area contributed by atoms with Gasteiger partial charge in [-0.3, -0.25) is 4.79 Å². The number of hydrogen-bond donors (Lipinski definition) is 0. The molecule has 3 aromatic rings. The van der Waals surface area contributed by atoms with Crippen LogP contribution in [0.1, 0.15) is 18.6 Å². The zero-order chi connectivity index (χ0) is 19.3. The first-order chi connectivity index (χ1) is 13.7. The quantitative estimate of drug-likeness (QED) is 0.652. The Morgan fingerprint density at radius 3 is 2.64 bits per heavy atom. The molecule has 0 radical (unpaired) electrons. The first-order valence-corrected chi connectivity index (χ1v) is 9.81. The Bertz CT molecular complexity index is 915. The molecule has 1 fully saturated rings. The van der Waals surface area contributed by atoms with Crippen molar-refractivity contribution < 1.29 is 13.9 Å². The molecule has 1 amide bonds. The Kier molecular flexibility index (Phi) is 5.63. The fraction of sp³-hybridized carbons (Fsp3) is 0.348. The lowest BCUT2D eigenvalue weighted by Crippen LogP contribution is -2.47. The van der Waals surface area contributed by atoms with Gasteiger partial charge in [-0.1, -0.05) is 30.3 Å². The summed E-state index contributed by atoms with van der Waals surface area (Å²) in [4.78, 5) is 17.3. The maximum absolute atomic E-state index is 13.0. The molecule has 146 valence electrons. The number of likely N-dealkylation sites (tertiary alicyclic amines) is 1. The van der Waals surface area contributed by atoms with Crippen LogP contribution in [-0.4, -0.2) is 48.5 Å². The highest BCUT2D eigenvalue weighted by molar-refractivity contribution is 5.84. The van der Waals surface area contributed by atoms with Crippen LogP contribution in [-0.2, 0) is 11.3 Å². The van der Waals surface area contributed by atoms with Crippen molar-refractivity contribution in [3.8, 4) is 5.75 Å². The van der Waals surface area contributed by atoms with Gasteiger partial charge in [0.25, 0.3) is 5.91 Å². The molecule has 1 aromatic heterocycles. The highest BCUT2D eigenvalue weighted by Crippen LogP contribution is 2.22. The number of fused-ring (bicyclic) bond motifs is 1. The summed E-state index contributed by atoms with van der Waals surface area (Å²) in [5, 5.41) is 2.27. The summed E-state index contributed by atoms with van der Waals surface area (Å²) in [6.07, 6.45) is 3.59. The lowest BCUT2D eigenvalue weighted by Gasteiger charge is -2.37. The van der Waals surface area contributed by atoms with Gasteiger partial charge in [0.05, 0.1) is 12.8 Å². The Morgan fingerprint density at radius 1 is 1.11 bits per heavy atom. The van der Waals surface area contributed by atoms with Crippen molar-refractivity contribution in [2.45, 2.75) is 25.4 Å². The number of carbonyl (C=O) groups is 1. The van der Waals surface area contributed by atoms with Crippen LogP contribution in [0.4, 0.5) is 0 Å². The average Bonchev–Trinajstić information content (AvgIpc) is 3.24. The summed E-state index contributed by atoms with van der Waals surface area (Å²) in [5.74, 6) is 1.52. The Morgan fingerprint density at radius 2 is 1.89 bits per heavy atom. The number of rotatable bonds is 6. The Balaban J connectivity index is 1.44. The third-order valence-corrected chi connectivity index (χ3v) is 5.44. The van der Waals surface area contributed by atoms with Gasteiger partial charge in [-0.05, 0) is 68.0 Å². The minimum absolute atomic E-state index is 0.000823. The van der Waals surface area contributed by atoms with Gasteiger partial charge in [-0.25, -0.2) is 0 Å². The molecule has 2 heterocycles. The minimum atomic E-state index is -0.000823. The predicted molar refractivity (Wildman–Crippen MR) is 109 cm³/mol. The van der Waals surface area contributed by atoms with Crippen molar-refractivity contribution in [2.24, 2.45) is 0 Å². The summed E-state index contributed by atoms with van der Waals surface area (Å²) in [6.45, 7) is 2.52. The van der Waals surface area contributed by atoms with Gasteiger partial charge in [0.2, 0.25) is 0 Å². The first-order valence-electron chi connectivity index (χ1n) is 9.81. The topological polar surface area (TPSA) is 45.9 Å². The molecule has 1 saturated heterocycles. The SMILES string of the molecule is CN1CCC(N(Cc2ccco2)C(=O)COc2ccc3ccccc3c2)CC1. The van der Waals surface area contributed by atoms with Crippen LogP contribution in [0.2, 0.25) is 0 Å². The van der Waals surface area contributed by atoms with E-state index in [9.17, 15) is 4.79 Å². The normalized spacial score (nSPS) is 15.6. The Hall–Kier alpha value is -2.79. The largest absolute Gasteiger partial charge is 0.484 e. The van der Waals surface area contributed by atoms with Crippen LogP contribution >= 0.6 is 0 Å². The molecule has 4 rings (SSSR count). The van der Waals surface area contributed by atoms with Crippen molar-refractivity contribution in [3.63, 3.8) is 0 Å². The first kappa shape index (κ1) is 18.6. The number of benzene rings is 2. The van der Waals surface area contributed by atoms with E-state index in [2.05, 4.69) is 18.0 Å². The maximum Gasteiger partial charge on any atom is 0.261 e. The zero-order valence-electron chi connectivity index (χ0n) is 16.2. The smallest absolute Gasteiger partial charge is 0.261 e. The minimum Gasteiger partial charge on any atom is -0.484 e. The van der Waals surface area contributed by atoms with Crippen LogP contribution in [0.3, 0.4) is 0 Å². The number of hydrogen-bond acceptors (Lipinski definition) is 4. The standard InChI is InChI=1S/C23H26N2O3/c1-24-12-10-20(11-13-24)25(16-22-7-4-14-27-22)23(26)17-28-21-9-8-18-5-2-3-6-19(18)15-21/h2-9,14-15,20H,10-13,16-17H2,1H3. The summed E-state index contributed by atoms with van der Waals surface area (Å²) >= 11 is 0. The van der Waals surface area contributed by atoms with E-state index in [1.807, 2.05) is 53.4 Å². The lowest BCUT2D eigenvalue weighted by atomic mass is 10.0. The van der Waals surface area contributed by atoms with Gasteiger partial charge in [-0.15, -0.1) is 0 Å². The molecular formula is C23H26N2O3. The molecule has 0 bridgehead atoms. The van der Waals surface area contributed by atoms with Gasteiger partial charge in [0, 0.05) is 6.04 Å². The second kappa shape index (κ2) is 8.48. The van der Waals surface area contributed by atoms with Crippen LogP contribution in [0.15, 0.2) is 65.3 Å². The fourth-order valence-electron chi connectivity index (χ4n) is 3.78. The second-order valence-electron chi connectivity index (χ2n) is 7.43. The molecule has 1 aliphatic heterocycles. The van der Waals surface area contributed by atoms with Crippen LogP contribution in [0, 0.1) is 0 Å². The number of amides is 1. The maximum atomic E-state index is 13.0. The molecule has 0 spiro atoms.